The fourth-order valence-electron chi connectivity index (χ4n) is 2.00. The topological polar surface area (TPSA) is 63.2 Å². The molecule has 0 saturated carbocycles. The van der Waals surface area contributed by atoms with Crippen LogP contribution in [0.15, 0.2) is 41.1 Å². The van der Waals surface area contributed by atoms with Gasteiger partial charge in [0.15, 0.2) is 5.75 Å². The number of fused-ring (bicyclic) bond motifs is 1. The molecule has 102 valence electrons. The van der Waals surface area contributed by atoms with Gasteiger partial charge in [0, 0.05) is 6.54 Å². The van der Waals surface area contributed by atoms with Crippen molar-refractivity contribution >= 4 is 33.2 Å². The van der Waals surface area contributed by atoms with Crippen molar-refractivity contribution in [1.29, 1.82) is 0 Å². The second-order valence-electron chi connectivity index (χ2n) is 4.28. The lowest BCUT2D eigenvalue weighted by Crippen LogP contribution is -2.21. The summed E-state index contributed by atoms with van der Waals surface area (Å²) >= 11 is 3.25. The minimum absolute atomic E-state index is 0.213. The molecule has 0 spiro atoms. The third-order valence-electron chi connectivity index (χ3n) is 2.91. The van der Waals surface area contributed by atoms with Gasteiger partial charge < -0.3 is 15.4 Å². The third kappa shape index (κ3) is 2.60. The molecular formula is C14H12BrN3O2. The molecule has 2 N–H and O–H groups in total. The van der Waals surface area contributed by atoms with E-state index in [4.69, 9.17) is 4.74 Å². The van der Waals surface area contributed by atoms with E-state index in [9.17, 15) is 4.79 Å². The molecule has 1 aromatic heterocycles. The molecule has 1 aromatic carbocycles. The Morgan fingerprint density at radius 2 is 2.25 bits per heavy atom. The number of hydrogen-bond donors (Lipinski definition) is 2. The zero-order valence-electron chi connectivity index (χ0n) is 10.5. The van der Waals surface area contributed by atoms with Gasteiger partial charge in [-0.3, -0.25) is 4.79 Å². The fraction of sp³-hybridized carbons (Fsp3) is 0.143. The second kappa shape index (κ2) is 5.50. The minimum atomic E-state index is -0.213. The van der Waals surface area contributed by atoms with Crippen LogP contribution in [0.5, 0.6) is 5.75 Å². The molecule has 0 unspecified atom stereocenters. The predicted molar refractivity (Wildman–Crippen MR) is 80.3 cm³/mol. The number of rotatable bonds is 2. The van der Waals surface area contributed by atoms with Gasteiger partial charge in [-0.05, 0) is 40.2 Å². The van der Waals surface area contributed by atoms with E-state index >= 15 is 0 Å². The van der Waals surface area contributed by atoms with Crippen molar-refractivity contribution in [2.75, 3.05) is 23.8 Å². The number of para-hydroxylation sites is 1. The lowest BCUT2D eigenvalue weighted by Gasteiger charge is -2.21. The first kappa shape index (κ1) is 12.9. The van der Waals surface area contributed by atoms with E-state index in [0.717, 1.165) is 16.8 Å². The number of pyridine rings is 1. The van der Waals surface area contributed by atoms with E-state index in [1.807, 2.05) is 12.1 Å². The summed E-state index contributed by atoms with van der Waals surface area (Å²) in [6.07, 6.45) is 1.59. The molecule has 1 aliphatic heterocycles. The van der Waals surface area contributed by atoms with E-state index in [2.05, 4.69) is 31.5 Å². The largest absolute Gasteiger partial charge is 0.489 e. The number of halogens is 1. The van der Waals surface area contributed by atoms with Crippen LogP contribution in [0.4, 0.5) is 11.4 Å². The summed E-state index contributed by atoms with van der Waals surface area (Å²) in [5.74, 6) is 0.385. The van der Waals surface area contributed by atoms with Gasteiger partial charge in [-0.1, -0.05) is 6.07 Å². The number of amides is 1. The van der Waals surface area contributed by atoms with Crippen molar-refractivity contribution in [3.63, 3.8) is 0 Å². The van der Waals surface area contributed by atoms with E-state index < -0.39 is 0 Å². The van der Waals surface area contributed by atoms with Crippen LogP contribution in [-0.4, -0.2) is 24.0 Å². The normalized spacial score (nSPS) is 12.8. The summed E-state index contributed by atoms with van der Waals surface area (Å²) in [4.78, 5) is 16.4. The third-order valence-corrected chi connectivity index (χ3v) is 3.38. The van der Waals surface area contributed by atoms with Gasteiger partial charge in [0.1, 0.15) is 11.2 Å². The van der Waals surface area contributed by atoms with Crippen LogP contribution in [0.1, 0.15) is 10.4 Å². The van der Waals surface area contributed by atoms with Crippen LogP contribution in [-0.2, 0) is 0 Å². The highest BCUT2D eigenvalue weighted by atomic mass is 79.9. The molecule has 0 saturated heterocycles. The summed E-state index contributed by atoms with van der Waals surface area (Å²) in [5.41, 5.74) is 2.00. The molecule has 1 aliphatic rings. The van der Waals surface area contributed by atoms with E-state index in [1.54, 1.807) is 24.4 Å². The molecule has 0 radical (unpaired) electrons. The number of nitrogens with one attached hydrogen (secondary N) is 2. The number of ether oxygens (including phenoxy) is 1. The molecule has 3 rings (SSSR count). The first-order valence-corrected chi connectivity index (χ1v) is 6.96. The molecule has 5 nitrogen and oxygen atoms in total. The van der Waals surface area contributed by atoms with Gasteiger partial charge in [-0.15, -0.1) is 0 Å². The lowest BCUT2D eigenvalue weighted by molar-refractivity contribution is 0.102. The van der Waals surface area contributed by atoms with Gasteiger partial charge >= 0.3 is 0 Å². The first-order valence-electron chi connectivity index (χ1n) is 6.16. The number of carbonyl (C=O) groups excluding carboxylic acids is 1. The van der Waals surface area contributed by atoms with E-state index in [0.29, 0.717) is 23.6 Å². The highest BCUT2D eigenvalue weighted by Crippen LogP contribution is 2.31. The summed E-state index contributed by atoms with van der Waals surface area (Å²) in [7, 11) is 0. The lowest BCUT2D eigenvalue weighted by atomic mass is 10.1. The Morgan fingerprint density at radius 1 is 1.35 bits per heavy atom. The molecule has 2 heterocycles. The first-order chi connectivity index (χ1) is 9.74. The number of aromatic nitrogens is 1. The summed E-state index contributed by atoms with van der Waals surface area (Å²) in [6.45, 7) is 1.30. The highest BCUT2D eigenvalue weighted by Gasteiger charge is 2.19. The Morgan fingerprint density at radius 3 is 3.05 bits per heavy atom. The van der Waals surface area contributed by atoms with Gasteiger partial charge in [0.05, 0.1) is 23.1 Å². The van der Waals surface area contributed by atoms with Crippen molar-refractivity contribution < 1.29 is 9.53 Å². The highest BCUT2D eigenvalue weighted by molar-refractivity contribution is 9.10. The summed E-state index contributed by atoms with van der Waals surface area (Å²) < 4.78 is 6.31. The molecule has 0 fully saturated rings. The Kier molecular flexibility index (Phi) is 3.56. The van der Waals surface area contributed by atoms with Crippen LogP contribution >= 0.6 is 15.9 Å². The fourth-order valence-corrected chi connectivity index (χ4v) is 2.23. The molecule has 0 bridgehead atoms. The number of benzene rings is 1. The zero-order chi connectivity index (χ0) is 13.9. The van der Waals surface area contributed by atoms with Gasteiger partial charge in [0.25, 0.3) is 5.91 Å². The minimum Gasteiger partial charge on any atom is -0.489 e. The maximum atomic E-state index is 12.3. The van der Waals surface area contributed by atoms with Crippen molar-refractivity contribution in [1.82, 2.24) is 4.98 Å². The number of nitrogens with zero attached hydrogens (tertiary/aromatic N) is 1. The average Bonchev–Trinajstić information content (AvgIpc) is 2.49. The standard InChI is InChI=1S/C14H12BrN3O2/c15-12-5-4-9(8-17-12)18-14(19)10-2-1-3-11-13(10)20-7-6-16-11/h1-5,8,16H,6-7H2,(H,18,19). The average molecular weight is 334 g/mol. The smallest absolute Gasteiger partial charge is 0.259 e. The predicted octanol–water partition coefficient (Wildman–Crippen LogP) is 2.90. The van der Waals surface area contributed by atoms with Gasteiger partial charge in [0.2, 0.25) is 0 Å². The molecule has 0 atom stereocenters. The van der Waals surface area contributed by atoms with Crippen molar-refractivity contribution in [3.8, 4) is 5.75 Å². The van der Waals surface area contributed by atoms with Crippen molar-refractivity contribution in [2.45, 2.75) is 0 Å². The molecular weight excluding hydrogens is 322 g/mol. The van der Waals surface area contributed by atoms with Crippen molar-refractivity contribution in [2.24, 2.45) is 0 Å². The van der Waals surface area contributed by atoms with Crippen LogP contribution in [0.25, 0.3) is 0 Å². The van der Waals surface area contributed by atoms with E-state index in [-0.39, 0.29) is 5.91 Å². The quantitative estimate of drug-likeness (QED) is 0.829. The second-order valence-corrected chi connectivity index (χ2v) is 5.09. The van der Waals surface area contributed by atoms with Gasteiger partial charge in [-0.25, -0.2) is 4.98 Å². The number of carbonyl (C=O) groups is 1. The molecule has 0 aliphatic carbocycles. The molecule has 6 heteroatoms. The number of anilines is 2. The Labute approximate surface area is 124 Å². The molecule has 2 aromatic rings. The summed E-state index contributed by atoms with van der Waals surface area (Å²) in [5, 5.41) is 6.01. The monoisotopic (exact) mass is 333 g/mol. The van der Waals surface area contributed by atoms with Crippen LogP contribution in [0, 0.1) is 0 Å². The maximum absolute atomic E-state index is 12.3. The Hall–Kier alpha value is -2.08. The zero-order valence-corrected chi connectivity index (χ0v) is 12.1. The van der Waals surface area contributed by atoms with Gasteiger partial charge in [-0.2, -0.15) is 0 Å². The summed E-state index contributed by atoms with van der Waals surface area (Å²) in [6, 6.07) is 9.02. The molecule has 1 amide bonds. The maximum Gasteiger partial charge on any atom is 0.259 e. The Balaban J connectivity index is 1.85. The van der Waals surface area contributed by atoms with E-state index in [1.165, 1.54) is 0 Å². The van der Waals surface area contributed by atoms with Crippen LogP contribution in [0.3, 0.4) is 0 Å². The SMILES string of the molecule is O=C(Nc1ccc(Br)nc1)c1cccc2c1OCCN2. The van der Waals surface area contributed by atoms with Crippen LogP contribution < -0.4 is 15.4 Å². The number of hydrogen-bond acceptors (Lipinski definition) is 4. The van der Waals surface area contributed by atoms with Crippen LogP contribution in [0.2, 0.25) is 0 Å². The van der Waals surface area contributed by atoms with Crippen molar-refractivity contribution in [3.05, 3.63) is 46.7 Å². The Bertz CT molecular complexity index is 643. The molecule has 20 heavy (non-hydrogen) atoms.